The molecule has 0 atom stereocenters. The Morgan fingerprint density at radius 1 is 1.00 bits per heavy atom. The summed E-state index contributed by atoms with van der Waals surface area (Å²) in [5.74, 6) is 0.253. The Balaban J connectivity index is 2.42. The van der Waals surface area contributed by atoms with Crippen molar-refractivity contribution in [1.29, 1.82) is 0 Å². The van der Waals surface area contributed by atoms with Gasteiger partial charge in [0.15, 0.2) is 5.11 Å². The molecule has 0 fully saturated rings. The first-order valence-corrected chi connectivity index (χ1v) is 8.82. The molecule has 0 radical (unpaired) electrons. The standard InChI is InChI=1S/C18H27N3O2S/c1-4-5-6-7-16(22)21-18(24)20-15-10-8-14(9-11-15)19-17(23)12-13(2)3/h8-11,13H,4-7,12H2,1-3H3,(H,19,23)(H2,20,21,22,24). The predicted molar refractivity (Wildman–Crippen MR) is 103 cm³/mol. The van der Waals surface area contributed by atoms with Gasteiger partial charge in [0.1, 0.15) is 0 Å². The van der Waals surface area contributed by atoms with Gasteiger partial charge in [0, 0.05) is 24.2 Å². The average molecular weight is 350 g/mol. The Labute approximate surface area is 149 Å². The van der Waals surface area contributed by atoms with E-state index in [9.17, 15) is 9.59 Å². The van der Waals surface area contributed by atoms with E-state index in [4.69, 9.17) is 12.2 Å². The lowest BCUT2D eigenvalue weighted by molar-refractivity contribution is -0.120. The van der Waals surface area contributed by atoms with E-state index in [2.05, 4.69) is 22.9 Å². The van der Waals surface area contributed by atoms with E-state index >= 15 is 0 Å². The SMILES string of the molecule is CCCCCC(=O)NC(=S)Nc1ccc(NC(=O)CC(C)C)cc1. The topological polar surface area (TPSA) is 70.2 Å². The van der Waals surface area contributed by atoms with Crippen LogP contribution in [0.25, 0.3) is 0 Å². The van der Waals surface area contributed by atoms with Gasteiger partial charge >= 0.3 is 0 Å². The molecule has 0 saturated heterocycles. The van der Waals surface area contributed by atoms with Crippen molar-refractivity contribution in [2.24, 2.45) is 5.92 Å². The molecule has 0 heterocycles. The van der Waals surface area contributed by atoms with Gasteiger partial charge in [0.25, 0.3) is 0 Å². The number of unbranched alkanes of at least 4 members (excludes halogenated alkanes) is 2. The number of hydrogen-bond donors (Lipinski definition) is 3. The van der Waals surface area contributed by atoms with E-state index in [-0.39, 0.29) is 16.9 Å². The Kier molecular flexibility index (Phi) is 9.01. The number of amides is 2. The van der Waals surface area contributed by atoms with Gasteiger partial charge in [0.05, 0.1) is 0 Å². The summed E-state index contributed by atoms with van der Waals surface area (Å²) in [5, 5.41) is 8.76. The zero-order chi connectivity index (χ0) is 17.9. The molecule has 0 aliphatic rings. The van der Waals surface area contributed by atoms with Crippen LogP contribution in [0.4, 0.5) is 11.4 Å². The zero-order valence-electron chi connectivity index (χ0n) is 14.6. The molecule has 1 rings (SSSR count). The molecule has 0 aliphatic carbocycles. The van der Waals surface area contributed by atoms with Crippen LogP contribution in [0.3, 0.4) is 0 Å². The van der Waals surface area contributed by atoms with Crippen LogP contribution >= 0.6 is 12.2 Å². The zero-order valence-corrected chi connectivity index (χ0v) is 15.5. The molecule has 0 bridgehead atoms. The molecule has 2 amide bonds. The van der Waals surface area contributed by atoms with Gasteiger partial charge in [-0.1, -0.05) is 33.6 Å². The molecule has 0 unspecified atom stereocenters. The molecule has 5 nitrogen and oxygen atoms in total. The summed E-state index contributed by atoms with van der Waals surface area (Å²) in [6.45, 7) is 6.10. The highest BCUT2D eigenvalue weighted by atomic mass is 32.1. The maximum absolute atomic E-state index is 11.7. The van der Waals surface area contributed by atoms with Gasteiger partial charge in [-0.05, 0) is 48.8 Å². The first-order valence-electron chi connectivity index (χ1n) is 8.41. The normalized spacial score (nSPS) is 10.3. The summed E-state index contributed by atoms with van der Waals surface area (Å²) in [7, 11) is 0. The summed E-state index contributed by atoms with van der Waals surface area (Å²) >= 11 is 5.13. The van der Waals surface area contributed by atoms with Crippen LogP contribution in [0, 0.1) is 5.92 Å². The third kappa shape index (κ3) is 8.62. The fourth-order valence-corrected chi connectivity index (χ4v) is 2.34. The largest absolute Gasteiger partial charge is 0.332 e. The first-order chi connectivity index (χ1) is 11.4. The number of carbonyl (C=O) groups excluding carboxylic acids is 2. The molecule has 132 valence electrons. The van der Waals surface area contributed by atoms with Crippen molar-refractivity contribution in [3.8, 4) is 0 Å². The smallest absolute Gasteiger partial charge is 0.226 e. The number of hydrogen-bond acceptors (Lipinski definition) is 3. The van der Waals surface area contributed by atoms with Gasteiger partial charge in [-0.2, -0.15) is 0 Å². The summed E-state index contributed by atoms with van der Waals surface area (Å²) in [4.78, 5) is 23.4. The molecular weight excluding hydrogens is 322 g/mol. The fourth-order valence-electron chi connectivity index (χ4n) is 2.11. The summed E-state index contributed by atoms with van der Waals surface area (Å²) in [6.07, 6.45) is 3.97. The quantitative estimate of drug-likeness (QED) is 0.489. The molecule has 1 aromatic carbocycles. The molecule has 0 aromatic heterocycles. The van der Waals surface area contributed by atoms with E-state index in [0.717, 1.165) is 30.6 Å². The number of carbonyl (C=O) groups is 2. The van der Waals surface area contributed by atoms with Crippen molar-refractivity contribution in [2.45, 2.75) is 52.9 Å². The number of rotatable bonds is 8. The number of benzene rings is 1. The van der Waals surface area contributed by atoms with E-state index < -0.39 is 0 Å². The van der Waals surface area contributed by atoms with Crippen LogP contribution in [0.2, 0.25) is 0 Å². The molecule has 24 heavy (non-hydrogen) atoms. The van der Waals surface area contributed by atoms with Crippen LogP contribution in [-0.4, -0.2) is 16.9 Å². The van der Waals surface area contributed by atoms with Crippen LogP contribution in [0.15, 0.2) is 24.3 Å². The van der Waals surface area contributed by atoms with Crippen LogP contribution in [0.1, 0.15) is 52.9 Å². The Bertz CT molecular complexity index is 556. The molecule has 0 aliphatic heterocycles. The average Bonchev–Trinajstić information content (AvgIpc) is 2.48. The second-order valence-electron chi connectivity index (χ2n) is 6.18. The maximum atomic E-state index is 11.7. The molecular formula is C18H27N3O2S. The maximum Gasteiger partial charge on any atom is 0.226 e. The van der Waals surface area contributed by atoms with E-state index in [1.165, 1.54) is 0 Å². The number of thiocarbonyl (C=S) groups is 1. The minimum atomic E-state index is -0.0708. The van der Waals surface area contributed by atoms with Crippen LogP contribution < -0.4 is 16.0 Å². The summed E-state index contributed by atoms with van der Waals surface area (Å²) < 4.78 is 0. The minimum absolute atomic E-state index is 0.000530. The van der Waals surface area contributed by atoms with E-state index in [0.29, 0.717) is 18.8 Å². The Hall–Kier alpha value is -1.95. The van der Waals surface area contributed by atoms with Gasteiger partial charge in [-0.3, -0.25) is 9.59 Å². The van der Waals surface area contributed by atoms with Crippen LogP contribution in [-0.2, 0) is 9.59 Å². The highest BCUT2D eigenvalue weighted by Gasteiger charge is 2.06. The van der Waals surface area contributed by atoms with Crippen molar-refractivity contribution >= 4 is 40.5 Å². The molecule has 0 saturated carbocycles. The van der Waals surface area contributed by atoms with Crippen molar-refractivity contribution in [3.05, 3.63) is 24.3 Å². The van der Waals surface area contributed by atoms with Crippen molar-refractivity contribution in [1.82, 2.24) is 5.32 Å². The van der Waals surface area contributed by atoms with Crippen molar-refractivity contribution in [2.75, 3.05) is 10.6 Å². The highest BCUT2D eigenvalue weighted by Crippen LogP contribution is 2.14. The highest BCUT2D eigenvalue weighted by molar-refractivity contribution is 7.80. The van der Waals surface area contributed by atoms with Crippen molar-refractivity contribution in [3.63, 3.8) is 0 Å². The fraction of sp³-hybridized carbons (Fsp3) is 0.500. The predicted octanol–water partition coefficient (Wildman–Crippen LogP) is 4.06. The summed E-state index contributed by atoms with van der Waals surface area (Å²) in [6, 6.07) is 7.21. The van der Waals surface area contributed by atoms with E-state index in [1.54, 1.807) is 24.3 Å². The second-order valence-corrected chi connectivity index (χ2v) is 6.59. The minimum Gasteiger partial charge on any atom is -0.332 e. The molecule has 0 spiro atoms. The third-order valence-electron chi connectivity index (χ3n) is 3.28. The van der Waals surface area contributed by atoms with Gasteiger partial charge < -0.3 is 16.0 Å². The van der Waals surface area contributed by atoms with Crippen LogP contribution in [0.5, 0.6) is 0 Å². The lowest BCUT2D eigenvalue weighted by Gasteiger charge is -2.11. The Morgan fingerprint density at radius 2 is 1.58 bits per heavy atom. The number of nitrogens with one attached hydrogen (secondary N) is 3. The van der Waals surface area contributed by atoms with Gasteiger partial charge in [-0.15, -0.1) is 0 Å². The molecule has 6 heteroatoms. The molecule has 1 aromatic rings. The Morgan fingerprint density at radius 3 is 2.12 bits per heavy atom. The summed E-state index contributed by atoms with van der Waals surface area (Å²) in [5.41, 5.74) is 1.50. The molecule has 3 N–H and O–H groups in total. The number of anilines is 2. The van der Waals surface area contributed by atoms with Gasteiger partial charge in [0.2, 0.25) is 11.8 Å². The van der Waals surface area contributed by atoms with Gasteiger partial charge in [-0.25, -0.2) is 0 Å². The van der Waals surface area contributed by atoms with Crippen molar-refractivity contribution < 1.29 is 9.59 Å². The lowest BCUT2D eigenvalue weighted by Crippen LogP contribution is -2.33. The first kappa shape index (κ1) is 20.1. The monoisotopic (exact) mass is 349 g/mol. The second kappa shape index (κ2) is 10.8. The lowest BCUT2D eigenvalue weighted by atomic mass is 10.1. The van der Waals surface area contributed by atoms with E-state index in [1.807, 2.05) is 13.8 Å². The third-order valence-corrected chi connectivity index (χ3v) is 3.48.